The molecule has 0 saturated carbocycles. The molecule has 0 spiro atoms. The van der Waals surface area contributed by atoms with Gasteiger partial charge in [-0.05, 0) is 72.4 Å². The molecule has 5 rings (SSSR count). The number of pyridine rings is 1. The maximum Gasteiger partial charge on any atom is 0.231 e. The van der Waals surface area contributed by atoms with Crippen molar-refractivity contribution in [2.45, 2.75) is 36.6 Å². The minimum absolute atomic E-state index is 0.0647. The number of nitrogens with zero attached hydrogens (tertiary/aromatic N) is 2. The fourth-order valence-electron chi connectivity index (χ4n) is 5.01. The van der Waals surface area contributed by atoms with Crippen LogP contribution in [0.1, 0.15) is 28.7 Å². The normalized spacial score (nSPS) is 18.4. The fourth-order valence-corrected chi connectivity index (χ4v) is 5.64. The van der Waals surface area contributed by atoms with Gasteiger partial charge in [-0.15, -0.1) is 0 Å². The summed E-state index contributed by atoms with van der Waals surface area (Å²) >= 11 is 0. The van der Waals surface area contributed by atoms with E-state index in [1.807, 2.05) is 24.3 Å². The van der Waals surface area contributed by atoms with Crippen LogP contribution in [-0.4, -0.2) is 36.7 Å². The smallest absolute Gasteiger partial charge is 0.231 e. The SMILES string of the molecule is Cc1cn(Cc2ccc(S(C)(=O)=O)cc2)c2cc(C3(Cc4ccncc4)CCNC3=O)ccc12. The summed E-state index contributed by atoms with van der Waals surface area (Å²) in [6, 6.07) is 17.3. The molecule has 0 radical (unpaired) electrons. The lowest BCUT2D eigenvalue weighted by atomic mass is 9.74. The van der Waals surface area contributed by atoms with Crippen LogP contribution in [0, 0.1) is 6.92 Å². The summed E-state index contributed by atoms with van der Waals surface area (Å²) in [5.74, 6) is 0.0647. The zero-order valence-corrected chi connectivity index (χ0v) is 20.1. The van der Waals surface area contributed by atoms with Gasteiger partial charge in [-0.25, -0.2) is 8.42 Å². The van der Waals surface area contributed by atoms with E-state index in [2.05, 4.69) is 46.2 Å². The highest BCUT2D eigenvalue weighted by Gasteiger charge is 2.44. The number of fused-ring (bicyclic) bond motifs is 1. The summed E-state index contributed by atoms with van der Waals surface area (Å²) in [4.78, 5) is 17.6. The maximum absolute atomic E-state index is 13.1. The van der Waals surface area contributed by atoms with Gasteiger partial charge in [-0.2, -0.15) is 0 Å². The van der Waals surface area contributed by atoms with Gasteiger partial charge in [-0.1, -0.05) is 24.3 Å². The molecule has 4 aromatic rings. The Bertz CT molecular complexity index is 1480. The number of sulfone groups is 1. The van der Waals surface area contributed by atoms with Crippen molar-refractivity contribution in [3.63, 3.8) is 0 Å². The highest BCUT2D eigenvalue weighted by molar-refractivity contribution is 7.90. The van der Waals surface area contributed by atoms with Gasteiger partial charge in [0, 0.05) is 48.8 Å². The zero-order chi connectivity index (χ0) is 23.9. The molecule has 1 fully saturated rings. The van der Waals surface area contributed by atoms with E-state index in [-0.39, 0.29) is 5.91 Å². The van der Waals surface area contributed by atoms with Crippen LogP contribution in [0.15, 0.2) is 78.1 Å². The van der Waals surface area contributed by atoms with Crippen LogP contribution in [0.25, 0.3) is 10.9 Å². The third-order valence-corrected chi connectivity index (χ3v) is 7.99. The molecule has 1 atom stereocenters. The molecule has 6 nitrogen and oxygen atoms in total. The van der Waals surface area contributed by atoms with Gasteiger partial charge in [0.25, 0.3) is 0 Å². The van der Waals surface area contributed by atoms with Crippen molar-refractivity contribution in [1.82, 2.24) is 14.9 Å². The quantitative estimate of drug-likeness (QED) is 0.462. The molecule has 1 amide bonds. The van der Waals surface area contributed by atoms with Crippen molar-refractivity contribution in [3.8, 4) is 0 Å². The van der Waals surface area contributed by atoms with Crippen LogP contribution in [0.2, 0.25) is 0 Å². The number of benzene rings is 2. The number of hydrogen-bond donors (Lipinski definition) is 1. The first-order valence-corrected chi connectivity index (χ1v) is 13.2. The zero-order valence-electron chi connectivity index (χ0n) is 19.3. The van der Waals surface area contributed by atoms with E-state index in [4.69, 9.17) is 0 Å². The maximum atomic E-state index is 13.1. The van der Waals surface area contributed by atoms with Crippen LogP contribution in [0.3, 0.4) is 0 Å². The summed E-state index contributed by atoms with van der Waals surface area (Å²) in [6.07, 6.45) is 8.23. The van der Waals surface area contributed by atoms with Crippen molar-refractivity contribution >= 4 is 26.6 Å². The molecular formula is C27H27N3O3S. The number of amides is 1. The third-order valence-electron chi connectivity index (χ3n) is 6.87. The highest BCUT2D eigenvalue weighted by Crippen LogP contribution is 2.37. The Morgan fingerprint density at radius 2 is 1.76 bits per heavy atom. The number of rotatable bonds is 6. The molecule has 2 aromatic carbocycles. The molecule has 1 saturated heterocycles. The number of carbonyl (C=O) groups excluding carboxylic acids is 1. The second-order valence-corrected chi connectivity index (χ2v) is 11.2. The first-order chi connectivity index (χ1) is 16.3. The first-order valence-electron chi connectivity index (χ1n) is 11.3. The molecule has 1 unspecified atom stereocenters. The minimum atomic E-state index is -3.22. The van der Waals surface area contributed by atoms with Gasteiger partial charge in [0.1, 0.15) is 0 Å². The second-order valence-electron chi connectivity index (χ2n) is 9.21. The van der Waals surface area contributed by atoms with Gasteiger partial charge in [-0.3, -0.25) is 9.78 Å². The van der Waals surface area contributed by atoms with Crippen molar-refractivity contribution in [1.29, 1.82) is 0 Å². The number of aromatic nitrogens is 2. The average Bonchev–Trinajstić information content (AvgIpc) is 3.34. The third kappa shape index (κ3) is 4.01. The molecule has 1 aliphatic heterocycles. The summed E-state index contributed by atoms with van der Waals surface area (Å²) in [6.45, 7) is 3.36. The monoisotopic (exact) mass is 473 g/mol. The molecule has 34 heavy (non-hydrogen) atoms. The van der Waals surface area contributed by atoms with Gasteiger partial charge >= 0.3 is 0 Å². The van der Waals surface area contributed by atoms with E-state index in [1.54, 1.807) is 24.5 Å². The summed E-state index contributed by atoms with van der Waals surface area (Å²) in [7, 11) is -3.22. The lowest BCUT2D eigenvalue weighted by molar-refractivity contribution is -0.124. The predicted octanol–water partition coefficient (Wildman–Crippen LogP) is 3.80. The number of nitrogens with one attached hydrogen (secondary N) is 1. The van der Waals surface area contributed by atoms with Crippen LogP contribution >= 0.6 is 0 Å². The molecular weight excluding hydrogens is 446 g/mol. The summed E-state index contributed by atoms with van der Waals surface area (Å²) < 4.78 is 25.8. The molecule has 7 heteroatoms. The Labute approximate surface area is 199 Å². The van der Waals surface area contributed by atoms with Crippen LogP contribution < -0.4 is 5.32 Å². The van der Waals surface area contributed by atoms with Gasteiger partial charge in [0.15, 0.2) is 9.84 Å². The Morgan fingerprint density at radius 1 is 1.03 bits per heavy atom. The van der Waals surface area contributed by atoms with Crippen LogP contribution in [-0.2, 0) is 33.0 Å². The molecule has 174 valence electrons. The lowest BCUT2D eigenvalue weighted by Crippen LogP contribution is -2.37. The number of aryl methyl sites for hydroxylation is 1. The van der Waals surface area contributed by atoms with E-state index < -0.39 is 15.3 Å². The van der Waals surface area contributed by atoms with Gasteiger partial charge in [0.2, 0.25) is 5.91 Å². The summed E-state index contributed by atoms with van der Waals surface area (Å²) in [5, 5.41) is 4.19. The largest absolute Gasteiger partial charge is 0.355 e. The van der Waals surface area contributed by atoms with E-state index in [0.29, 0.717) is 24.4 Å². The Hall–Kier alpha value is -3.45. The van der Waals surface area contributed by atoms with Crippen LogP contribution in [0.4, 0.5) is 0 Å². The Kier molecular flexibility index (Phi) is 5.52. The van der Waals surface area contributed by atoms with E-state index in [0.717, 1.165) is 39.6 Å². The minimum Gasteiger partial charge on any atom is -0.355 e. The van der Waals surface area contributed by atoms with E-state index >= 15 is 0 Å². The number of carbonyl (C=O) groups is 1. The Morgan fingerprint density at radius 3 is 2.41 bits per heavy atom. The predicted molar refractivity (Wildman–Crippen MR) is 133 cm³/mol. The van der Waals surface area contributed by atoms with Crippen molar-refractivity contribution < 1.29 is 13.2 Å². The topological polar surface area (TPSA) is 81.1 Å². The van der Waals surface area contributed by atoms with Gasteiger partial charge in [0.05, 0.1) is 10.3 Å². The van der Waals surface area contributed by atoms with Crippen molar-refractivity contribution in [2.24, 2.45) is 0 Å². The number of hydrogen-bond acceptors (Lipinski definition) is 4. The molecule has 1 N–H and O–H groups in total. The molecule has 1 aliphatic rings. The lowest BCUT2D eigenvalue weighted by Gasteiger charge is -2.27. The van der Waals surface area contributed by atoms with Crippen LogP contribution in [0.5, 0.6) is 0 Å². The highest BCUT2D eigenvalue weighted by atomic mass is 32.2. The fraction of sp³-hybridized carbons (Fsp3) is 0.259. The van der Waals surface area contributed by atoms with Crippen molar-refractivity contribution in [2.75, 3.05) is 12.8 Å². The molecule has 2 aromatic heterocycles. The van der Waals surface area contributed by atoms with Crippen molar-refractivity contribution in [3.05, 3.63) is 95.4 Å². The first kappa shape index (κ1) is 22.3. The molecule has 3 heterocycles. The van der Waals surface area contributed by atoms with Gasteiger partial charge < -0.3 is 9.88 Å². The van der Waals surface area contributed by atoms with E-state index in [9.17, 15) is 13.2 Å². The molecule has 0 bridgehead atoms. The summed E-state index contributed by atoms with van der Waals surface area (Å²) in [5.41, 5.74) is 4.72. The van der Waals surface area contributed by atoms with E-state index in [1.165, 1.54) is 6.26 Å². The standard InChI is InChI=1S/C27H27N3O3S/c1-19-17-30(18-21-3-6-23(7-4-21)34(2,32)33)25-15-22(5-8-24(19)25)27(11-14-29-26(27)31)16-20-9-12-28-13-10-20/h3-10,12-13,15,17H,11,14,16,18H2,1-2H3,(H,29,31). The second kappa shape index (κ2) is 8.40. The molecule has 0 aliphatic carbocycles. The average molecular weight is 474 g/mol. The Balaban J connectivity index is 1.55.